The summed E-state index contributed by atoms with van der Waals surface area (Å²) < 4.78 is 30.6. The molecule has 5 heterocycles. The van der Waals surface area contributed by atoms with Crippen LogP contribution in [0.15, 0.2) is 60.7 Å². The molecule has 3 atom stereocenters. The van der Waals surface area contributed by atoms with E-state index in [1.165, 1.54) is 0 Å². The Bertz CT molecular complexity index is 1810. The van der Waals surface area contributed by atoms with Gasteiger partial charge in [0.05, 0.1) is 22.5 Å². The molecule has 6 nitrogen and oxygen atoms in total. The summed E-state index contributed by atoms with van der Waals surface area (Å²) in [6, 6.07) is 9.61. The maximum absolute atomic E-state index is 15.3. The van der Waals surface area contributed by atoms with E-state index in [1.54, 1.807) is 6.08 Å². The smallest absolute Gasteiger partial charge is 0.252 e. The Morgan fingerprint density at radius 3 is 2.54 bits per heavy atom. The van der Waals surface area contributed by atoms with Gasteiger partial charge < -0.3 is 15.7 Å². The van der Waals surface area contributed by atoms with Crippen molar-refractivity contribution in [3.8, 4) is 0 Å². The fourth-order valence-electron chi connectivity index (χ4n) is 6.58. The van der Waals surface area contributed by atoms with E-state index in [2.05, 4.69) is 9.97 Å². The first kappa shape index (κ1) is 25.6. The second-order valence-corrected chi connectivity index (χ2v) is 11.1. The third kappa shape index (κ3) is 4.61. The number of halogens is 2. The normalized spacial score (nSPS) is 22.1. The Labute approximate surface area is 236 Å². The van der Waals surface area contributed by atoms with Gasteiger partial charge in [-0.25, -0.2) is 8.78 Å². The highest BCUT2D eigenvalue weighted by Crippen LogP contribution is 2.37. The van der Waals surface area contributed by atoms with Crippen molar-refractivity contribution in [1.29, 1.82) is 0 Å². The number of nitrogens with two attached hydrogens (primary N) is 1. The van der Waals surface area contributed by atoms with Gasteiger partial charge in [-0.15, -0.1) is 0 Å². The van der Waals surface area contributed by atoms with Crippen LogP contribution in [0, 0.1) is 0 Å². The molecule has 2 aliphatic heterocycles. The van der Waals surface area contributed by atoms with E-state index < -0.39 is 24.2 Å². The molecule has 0 saturated carbocycles. The van der Waals surface area contributed by atoms with Crippen LogP contribution in [-0.2, 0) is 25.7 Å². The third-order valence-corrected chi connectivity index (χ3v) is 8.50. The lowest BCUT2D eigenvalue weighted by Crippen LogP contribution is -2.17. The molecule has 8 bridgehead atoms. The number of aryl methyl sites for hydroxylation is 4. The van der Waals surface area contributed by atoms with Crippen molar-refractivity contribution in [1.82, 2.24) is 19.9 Å². The Morgan fingerprint density at radius 2 is 1.71 bits per heavy atom. The van der Waals surface area contributed by atoms with Gasteiger partial charge in [-0.1, -0.05) is 30.4 Å². The van der Waals surface area contributed by atoms with Crippen LogP contribution in [0.5, 0.6) is 0 Å². The largest absolute Gasteiger partial charge is 0.365 e. The number of amides is 1. The highest BCUT2D eigenvalue weighted by Gasteiger charge is 2.29. The number of hydrogen-bond acceptors (Lipinski definition) is 3. The number of alkyl halides is 2. The predicted molar refractivity (Wildman–Crippen MR) is 157 cm³/mol. The minimum absolute atomic E-state index is 0.295. The second-order valence-electron chi connectivity index (χ2n) is 11.1. The van der Waals surface area contributed by atoms with E-state index in [4.69, 9.17) is 15.7 Å². The molecule has 1 amide bonds. The zero-order valence-corrected chi connectivity index (χ0v) is 22.6. The molecular weight excluding hydrogens is 520 g/mol. The number of carbonyl (C=O) groups excluding carboxylic acids is 1. The van der Waals surface area contributed by atoms with Gasteiger partial charge in [0.1, 0.15) is 12.3 Å². The fourth-order valence-corrected chi connectivity index (χ4v) is 6.58. The minimum Gasteiger partial charge on any atom is -0.365 e. The molecule has 208 valence electrons. The van der Waals surface area contributed by atoms with Crippen LogP contribution < -0.4 is 5.73 Å². The number of hydrogen-bond donors (Lipinski definition) is 3. The highest BCUT2D eigenvalue weighted by molar-refractivity contribution is 6.01. The summed E-state index contributed by atoms with van der Waals surface area (Å²) in [5.41, 5.74) is 14.2. The fraction of sp³-hybridized carbons (Fsp3) is 0.303. The summed E-state index contributed by atoms with van der Waals surface area (Å²) in [7, 11) is 0. The lowest BCUT2D eigenvalue weighted by Gasteiger charge is -2.22. The minimum atomic E-state index is -1.16. The number of aromatic nitrogens is 4. The average Bonchev–Trinajstić information content (AvgIpc) is 3.77. The van der Waals surface area contributed by atoms with Gasteiger partial charge in [0.15, 0.2) is 0 Å². The monoisotopic (exact) mass is 551 g/mol. The van der Waals surface area contributed by atoms with Gasteiger partial charge in [0, 0.05) is 51.4 Å². The third-order valence-electron chi connectivity index (χ3n) is 8.50. The van der Waals surface area contributed by atoms with Crippen molar-refractivity contribution in [3.63, 3.8) is 0 Å². The predicted octanol–water partition coefficient (Wildman–Crippen LogP) is 6.44. The van der Waals surface area contributed by atoms with Crippen LogP contribution in [-0.4, -0.2) is 38.2 Å². The number of H-pyrrole nitrogens is 2. The first-order valence-electron chi connectivity index (χ1n) is 14.3. The van der Waals surface area contributed by atoms with Crippen LogP contribution in [0.1, 0.15) is 69.4 Å². The Hall–Kier alpha value is -4.33. The summed E-state index contributed by atoms with van der Waals surface area (Å²) in [4.78, 5) is 29.6. The summed E-state index contributed by atoms with van der Waals surface area (Å²) >= 11 is 0. The maximum atomic E-state index is 15.3. The molecule has 2 aliphatic carbocycles. The molecule has 8 heteroatoms. The van der Waals surface area contributed by atoms with Crippen molar-refractivity contribution in [2.75, 3.05) is 0 Å². The Balaban J connectivity index is 1.59. The van der Waals surface area contributed by atoms with Gasteiger partial charge in [0.2, 0.25) is 0 Å². The van der Waals surface area contributed by atoms with Crippen molar-refractivity contribution in [2.45, 2.75) is 63.2 Å². The zero-order chi connectivity index (χ0) is 28.1. The summed E-state index contributed by atoms with van der Waals surface area (Å²) in [5.74, 6) is -1.04. The maximum Gasteiger partial charge on any atom is 0.252 e. The van der Waals surface area contributed by atoms with Gasteiger partial charge in [-0.3, -0.25) is 14.8 Å². The molecule has 0 aromatic carbocycles. The van der Waals surface area contributed by atoms with Crippen molar-refractivity contribution in [2.24, 2.45) is 5.73 Å². The van der Waals surface area contributed by atoms with Crippen molar-refractivity contribution >= 4 is 33.5 Å². The number of primary amides is 1. The second kappa shape index (κ2) is 10.3. The molecule has 0 spiro atoms. The van der Waals surface area contributed by atoms with Crippen LogP contribution >= 0.6 is 0 Å². The molecule has 4 aliphatic rings. The lowest BCUT2D eigenvalue weighted by molar-refractivity contribution is 0.100. The van der Waals surface area contributed by atoms with Crippen LogP contribution in [0.4, 0.5) is 8.78 Å². The van der Waals surface area contributed by atoms with Gasteiger partial charge in [-0.05, 0) is 74.4 Å². The molecule has 0 radical (unpaired) electrons. The van der Waals surface area contributed by atoms with E-state index in [-0.39, 0.29) is 0 Å². The first-order valence-corrected chi connectivity index (χ1v) is 14.3. The molecular formula is C33H31F2N5O. The zero-order valence-electron chi connectivity index (χ0n) is 22.6. The Morgan fingerprint density at radius 1 is 0.902 bits per heavy atom. The van der Waals surface area contributed by atoms with E-state index in [1.807, 2.05) is 54.6 Å². The number of nitrogens with zero attached hydrogens (tertiary/aromatic N) is 2. The molecule has 0 fully saturated rings. The lowest BCUT2D eigenvalue weighted by atomic mass is 9.86. The number of fused-ring (bicyclic) bond motifs is 8. The number of allylic oxidation sites excluding steroid dienone is 6. The molecule has 7 rings (SSSR count). The van der Waals surface area contributed by atoms with E-state index in [9.17, 15) is 4.79 Å². The van der Waals surface area contributed by atoms with Crippen LogP contribution in [0.25, 0.3) is 27.6 Å². The number of rotatable bonds is 3. The molecule has 3 unspecified atom stereocenters. The number of nitrogens with one attached hydrogen (secondary N) is 2. The van der Waals surface area contributed by atoms with Gasteiger partial charge in [-0.2, -0.15) is 0 Å². The van der Waals surface area contributed by atoms with E-state index >= 15 is 8.78 Å². The SMILES string of the molecule is NC(=O)c1c2nc(c(C3=CC=CCC3F)c3ccc(cc4nc(c(C5C=CCCC5F)c5ccc1[nH]5)CC4)[nH]3)CC2. The number of aromatic amines is 2. The molecule has 4 N–H and O–H groups in total. The van der Waals surface area contributed by atoms with Gasteiger partial charge >= 0.3 is 0 Å². The van der Waals surface area contributed by atoms with Gasteiger partial charge in [0.25, 0.3) is 5.91 Å². The van der Waals surface area contributed by atoms with Crippen LogP contribution in [0.2, 0.25) is 0 Å². The molecule has 3 aromatic heterocycles. The first-order chi connectivity index (χ1) is 20.0. The summed E-state index contributed by atoms with van der Waals surface area (Å²) in [6.07, 6.45) is 11.2. The summed E-state index contributed by atoms with van der Waals surface area (Å²) in [5, 5.41) is 0. The molecule has 0 saturated heterocycles. The number of carbonyl (C=O) groups is 1. The average molecular weight is 552 g/mol. The van der Waals surface area contributed by atoms with Crippen LogP contribution in [0.3, 0.4) is 0 Å². The summed E-state index contributed by atoms with van der Waals surface area (Å²) in [6.45, 7) is 0. The van der Waals surface area contributed by atoms with Crippen molar-refractivity contribution in [3.05, 3.63) is 100 Å². The molecule has 41 heavy (non-hydrogen) atoms. The highest BCUT2D eigenvalue weighted by atomic mass is 19.1. The standard InChI is InChI=1S/C33H31F2N5O/c34-22-7-3-1-5-20(22)30-24-11-9-18(37-24)17-19-10-12-25(38-19)31(21-6-2-4-8-23(21)35)27-14-16-29(40-27)32(33(36)41)28-15-13-26(30)39-28/h1-3,5-6,9,11,14,16-17,21-23,37,40H,4,7-8,10,12-13,15H2,(H2,36,41). The van der Waals surface area contributed by atoms with E-state index in [0.29, 0.717) is 72.1 Å². The topological polar surface area (TPSA) is 100 Å². The van der Waals surface area contributed by atoms with E-state index in [0.717, 1.165) is 39.9 Å². The Kier molecular flexibility index (Phi) is 6.41. The van der Waals surface area contributed by atoms with Crippen molar-refractivity contribution < 1.29 is 13.6 Å². The molecule has 3 aromatic rings. The quantitative estimate of drug-likeness (QED) is 0.327.